The molecule has 2 aliphatic rings. The van der Waals surface area contributed by atoms with Crippen LogP contribution < -0.4 is 0 Å². The van der Waals surface area contributed by atoms with Crippen molar-refractivity contribution in [3.8, 4) is 0 Å². The Morgan fingerprint density at radius 2 is 1.67 bits per heavy atom. The average Bonchev–Trinajstić information content (AvgIpc) is 2.19. The van der Waals surface area contributed by atoms with E-state index in [1.807, 2.05) is 13.8 Å². The summed E-state index contributed by atoms with van der Waals surface area (Å²) in [5, 5.41) is 0. The van der Waals surface area contributed by atoms with Gasteiger partial charge in [-0.05, 0) is 55.3 Å². The molecule has 0 aliphatic heterocycles. The van der Waals surface area contributed by atoms with E-state index in [1.54, 1.807) is 19.3 Å². The zero-order chi connectivity index (χ0) is 11.5. The van der Waals surface area contributed by atoms with E-state index in [4.69, 9.17) is 0 Å². The third-order valence-electron chi connectivity index (χ3n) is 4.80. The number of hydrogen-bond donors (Lipinski definition) is 0. The maximum atomic E-state index is 2.47. The lowest BCUT2D eigenvalue weighted by Crippen LogP contribution is -2.39. The van der Waals surface area contributed by atoms with E-state index in [9.17, 15) is 0 Å². The van der Waals surface area contributed by atoms with Gasteiger partial charge in [-0.1, -0.05) is 41.0 Å². The topological polar surface area (TPSA) is 0 Å². The highest BCUT2D eigenvalue weighted by atomic mass is 14.5. The first-order valence-electron chi connectivity index (χ1n) is 7.13. The summed E-state index contributed by atoms with van der Waals surface area (Å²) in [6.45, 7) is 11.3. The fourth-order valence-corrected chi connectivity index (χ4v) is 3.57. The Morgan fingerprint density at radius 3 is 2.07 bits per heavy atom. The second kappa shape index (κ2) is 5.37. The summed E-state index contributed by atoms with van der Waals surface area (Å²) < 4.78 is 0. The van der Waals surface area contributed by atoms with E-state index in [2.05, 4.69) is 20.8 Å². The standard InChI is InChI=1S/C13H24.C2H6/c1-10(2)12-9-13(6-4-7-13)8-5-11(12)3;1-2/h10-12H,4-9H2,1-3H3;1-2H3. The maximum Gasteiger partial charge on any atom is -0.0295 e. The van der Waals surface area contributed by atoms with Crippen LogP contribution >= 0.6 is 0 Å². The third kappa shape index (κ3) is 2.77. The van der Waals surface area contributed by atoms with E-state index in [1.165, 1.54) is 19.3 Å². The second-order valence-electron chi connectivity index (χ2n) is 5.98. The molecule has 0 amide bonds. The predicted octanol–water partition coefficient (Wildman–Crippen LogP) is 5.28. The predicted molar refractivity (Wildman–Crippen MR) is 69.0 cm³/mol. The average molecular weight is 210 g/mol. The van der Waals surface area contributed by atoms with Crippen molar-refractivity contribution >= 4 is 0 Å². The Bertz CT molecular complexity index is 176. The lowest BCUT2D eigenvalue weighted by molar-refractivity contribution is 0.00465. The van der Waals surface area contributed by atoms with Gasteiger partial charge in [0.2, 0.25) is 0 Å². The van der Waals surface area contributed by atoms with Crippen LogP contribution in [0.15, 0.2) is 0 Å². The van der Waals surface area contributed by atoms with Gasteiger partial charge >= 0.3 is 0 Å². The van der Waals surface area contributed by atoms with Gasteiger partial charge in [-0.3, -0.25) is 0 Å². The molecule has 0 aromatic rings. The molecule has 2 unspecified atom stereocenters. The molecule has 0 heteroatoms. The van der Waals surface area contributed by atoms with Gasteiger partial charge in [-0.2, -0.15) is 0 Å². The van der Waals surface area contributed by atoms with Crippen LogP contribution in [-0.4, -0.2) is 0 Å². The van der Waals surface area contributed by atoms with E-state index in [-0.39, 0.29) is 0 Å². The summed E-state index contributed by atoms with van der Waals surface area (Å²) in [6.07, 6.45) is 9.19. The highest BCUT2D eigenvalue weighted by Gasteiger charge is 2.43. The SMILES string of the molecule is CC.CC(C)C1CC2(CCC2)CCC1C. The third-order valence-corrected chi connectivity index (χ3v) is 4.80. The molecule has 15 heavy (non-hydrogen) atoms. The molecular weight excluding hydrogens is 180 g/mol. The van der Waals surface area contributed by atoms with Crippen LogP contribution in [0.25, 0.3) is 0 Å². The molecule has 2 saturated carbocycles. The second-order valence-corrected chi connectivity index (χ2v) is 5.98. The minimum absolute atomic E-state index is 0.835. The van der Waals surface area contributed by atoms with Gasteiger partial charge in [0.25, 0.3) is 0 Å². The summed E-state index contributed by atoms with van der Waals surface area (Å²) in [7, 11) is 0. The molecule has 2 aliphatic carbocycles. The smallest absolute Gasteiger partial charge is 0.0295 e. The van der Waals surface area contributed by atoms with Crippen molar-refractivity contribution in [2.75, 3.05) is 0 Å². The van der Waals surface area contributed by atoms with Crippen LogP contribution in [0.2, 0.25) is 0 Å². The molecule has 2 atom stereocenters. The molecule has 0 N–H and O–H groups in total. The fraction of sp³-hybridized carbons (Fsp3) is 1.00. The minimum atomic E-state index is 0.835. The highest BCUT2D eigenvalue weighted by molar-refractivity contribution is 4.94. The van der Waals surface area contributed by atoms with Crippen molar-refractivity contribution < 1.29 is 0 Å². The van der Waals surface area contributed by atoms with Gasteiger partial charge in [0.1, 0.15) is 0 Å². The van der Waals surface area contributed by atoms with Gasteiger partial charge in [-0.25, -0.2) is 0 Å². The van der Waals surface area contributed by atoms with Crippen molar-refractivity contribution in [2.45, 2.75) is 73.1 Å². The first-order chi connectivity index (χ1) is 7.13. The molecule has 0 saturated heterocycles. The van der Waals surface area contributed by atoms with Crippen LogP contribution in [0, 0.1) is 23.2 Å². The molecule has 0 heterocycles. The molecule has 0 radical (unpaired) electrons. The van der Waals surface area contributed by atoms with Crippen LogP contribution in [0.3, 0.4) is 0 Å². The molecular formula is C15H30. The largest absolute Gasteiger partial charge is 0.0683 e. The van der Waals surface area contributed by atoms with Gasteiger partial charge in [0, 0.05) is 0 Å². The van der Waals surface area contributed by atoms with Gasteiger partial charge in [-0.15, -0.1) is 0 Å². The molecule has 1 spiro atoms. The quantitative estimate of drug-likeness (QED) is 0.552. The lowest BCUT2D eigenvalue weighted by Gasteiger charge is -2.51. The molecule has 0 aromatic carbocycles. The van der Waals surface area contributed by atoms with E-state index >= 15 is 0 Å². The first-order valence-corrected chi connectivity index (χ1v) is 7.13. The summed E-state index contributed by atoms with van der Waals surface area (Å²) in [5.41, 5.74) is 0.835. The van der Waals surface area contributed by atoms with Gasteiger partial charge < -0.3 is 0 Å². The van der Waals surface area contributed by atoms with E-state index in [0.717, 1.165) is 23.2 Å². The summed E-state index contributed by atoms with van der Waals surface area (Å²) in [4.78, 5) is 0. The van der Waals surface area contributed by atoms with E-state index in [0.29, 0.717) is 0 Å². The molecule has 0 bridgehead atoms. The van der Waals surface area contributed by atoms with Crippen molar-refractivity contribution in [1.82, 2.24) is 0 Å². The summed E-state index contributed by atoms with van der Waals surface area (Å²) in [6, 6.07) is 0. The Kier molecular flexibility index (Phi) is 4.67. The van der Waals surface area contributed by atoms with Crippen LogP contribution in [0.1, 0.15) is 73.1 Å². The first kappa shape index (κ1) is 13.1. The Labute approximate surface area is 96.8 Å². The summed E-state index contributed by atoms with van der Waals surface area (Å²) in [5.74, 6) is 2.92. The zero-order valence-corrected chi connectivity index (χ0v) is 11.5. The normalized spacial score (nSPS) is 33.2. The van der Waals surface area contributed by atoms with Crippen molar-refractivity contribution in [3.05, 3.63) is 0 Å². The van der Waals surface area contributed by atoms with E-state index < -0.39 is 0 Å². The molecule has 0 nitrogen and oxygen atoms in total. The number of rotatable bonds is 1. The highest BCUT2D eigenvalue weighted by Crippen LogP contribution is 2.55. The zero-order valence-electron chi connectivity index (χ0n) is 11.5. The van der Waals surface area contributed by atoms with Gasteiger partial charge in [0.05, 0.1) is 0 Å². The molecule has 90 valence electrons. The summed E-state index contributed by atoms with van der Waals surface area (Å²) >= 11 is 0. The maximum absolute atomic E-state index is 2.47. The fourth-order valence-electron chi connectivity index (χ4n) is 3.57. The van der Waals surface area contributed by atoms with Crippen LogP contribution in [0.4, 0.5) is 0 Å². The molecule has 0 aromatic heterocycles. The monoisotopic (exact) mass is 210 g/mol. The van der Waals surface area contributed by atoms with Crippen molar-refractivity contribution in [1.29, 1.82) is 0 Å². The molecule has 2 fully saturated rings. The molecule has 2 rings (SSSR count). The van der Waals surface area contributed by atoms with Crippen LogP contribution in [-0.2, 0) is 0 Å². The van der Waals surface area contributed by atoms with Crippen molar-refractivity contribution in [3.63, 3.8) is 0 Å². The Balaban J connectivity index is 0.000000531. The number of hydrogen-bond acceptors (Lipinski definition) is 0. The van der Waals surface area contributed by atoms with Crippen molar-refractivity contribution in [2.24, 2.45) is 23.2 Å². The Morgan fingerprint density at radius 1 is 1.07 bits per heavy atom. The lowest BCUT2D eigenvalue weighted by atomic mass is 9.55. The Hall–Kier alpha value is 0. The van der Waals surface area contributed by atoms with Gasteiger partial charge in [0.15, 0.2) is 0 Å². The minimum Gasteiger partial charge on any atom is -0.0683 e. The van der Waals surface area contributed by atoms with Crippen LogP contribution in [0.5, 0.6) is 0 Å².